The highest BCUT2D eigenvalue weighted by Gasteiger charge is 2.24. The van der Waals surface area contributed by atoms with E-state index in [9.17, 15) is 0 Å². The molecule has 0 bridgehead atoms. The van der Waals surface area contributed by atoms with Gasteiger partial charge in [0.2, 0.25) is 0 Å². The summed E-state index contributed by atoms with van der Waals surface area (Å²) in [6.45, 7) is 11.3. The molecule has 0 aliphatic carbocycles. The van der Waals surface area contributed by atoms with E-state index >= 15 is 0 Å². The number of hydrogen-bond donors (Lipinski definition) is 0. The van der Waals surface area contributed by atoms with E-state index in [1.807, 2.05) is 12.3 Å². The topological polar surface area (TPSA) is 21.1 Å². The molecule has 2 aromatic heterocycles. The summed E-state index contributed by atoms with van der Waals surface area (Å²) in [6, 6.07) is 13.1. The van der Waals surface area contributed by atoms with E-state index in [4.69, 9.17) is 4.98 Å². The van der Waals surface area contributed by atoms with E-state index < -0.39 is 0 Å². The minimum Gasteiger partial charge on any atom is -0.355 e. The van der Waals surface area contributed by atoms with Crippen molar-refractivity contribution in [3.8, 4) is 0 Å². The predicted octanol–water partition coefficient (Wildman–Crippen LogP) is 5.64. The van der Waals surface area contributed by atoms with E-state index in [0.717, 1.165) is 25.5 Å². The third-order valence-electron chi connectivity index (χ3n) is 5.90. The fourth-order valence-corrected chi connectivity index (χ4v) is 4.32. The third kappa shape index (κ3) is 3.49. The molecule has 0 spiro atoms. The van der Waals surface area contributed by atoms with Crippen LogP contribution in [0, 0.1) is 13.8 Å². The quantitative estimate of drug-likeness (QED) is 0.545. The van der Waals surface area contributed by atoms with Gasteiger partial charge in [-0.2, -0.15) is 0 Å². The van der Waals surface area contributed by atoms with Crippen molar-refractivity contribution in [1.29, 1.82) is 0 Å². The molecule has 1 aliphatic rings. The van der Waals surface area contributed by atoms with Crippen molar-refractivity contribution in [3.63, 3.8) is 0 Å². The molecular weight excluding hydrogens is 354 g/mol. The molecule has 0 N–H and O–H groups in total. The number of hydrogen-bond acceptors (Lipinski definition) is 2. The monoisotopic (exact) mass is 381 g/mol. The van der Waals surface area contributed by atoms with Crippen molar-refractivity contribution in [3.05, 3.63) is 72.1 Å². The van der Waals surface area contributed by atoms with Crippen LogP contribution in [-0.2, 0) is 6.54 Å². The van der Waals surface area contributed by atoms with E-state index in [2.05, 4.69) is 66.3 Å². The van der Waals surface area contributed by atoms with Crippen LogP contribution in [0.4, 0.5) is 5.82 Å². The lowest BCUT2D eigenvalue weighted by Gasteiger charge is -2.33. The highest BCUT2D eigenvalue weighted by Crippen LogP contribution is 2.35. The highest BCUT2D eigenvalue weighted by molar-refractivity contribution is 5.93. The number of anilines is 1. The summed E-state index contributed by atoms with van der Waals surface area (Å²) in [5, 5.41) is 1.32. The third-order valence-corrected chi connectivity index (χ3v) is 5.90. The predicted molar refractivity (Wildman–Crippen MR) is 117 cm³/mol. The zero-order valence-electron chi connectivity index (χ0n) is 16.2. The Morgan fingerprint density at radius 2 is 1.81 bits per heavy atom. The second-order valence-corrected chi connectivity index (χ2v) is 7.31. The molecule has 4 heteroatoms. The number of aromatic nitrogens is 2. The summed E-state index contributed by atoms with van der Waals surface area (Å²) in [5.74, 6) is 1.79. The van der Waals surface area contributed by atoms with Crippen LogP contribution in [0.1, 0.15) is 35.6 Å². The molecule has 0 radical (unpaired) electrons. The van der Waals surface area contributed by atoms with Gasteiger partial charge in [0, 0.05) is 36.9 Å². The van der Waals surface area contributed by atoms with Crippen LogP contribution in [0.15, 0.2) is 55.3 Å². The minimum atomic E-state index is 0. The van der Waals surface area contributed by atoms with Crippen molar-refractivity contribution < 1.29 is 0 Å². The number of pyridine rings is 1. The maximum Gasteiger partial charge on any atom is 0.153 e. The van der Waals surface area contributed by atoms with Crippen molar-refractivity contribution in [1.82, 2.24) is 9.55 Å². The molecule has 3 aromatic rings. The van der Waals surface area contributed by atoms with Gasteiger partial charge in [0.05, 0.1) is 5.52 Å². The first kappa shape index (κ1) is 19.5. The van der Waals surface area contributed by atoms with Crippen LogP contribution in [-0.4, -0.2) is 22.6 Å². The van der Waals surface area contributed by atoms with Crippen LogP contribution < -0.4 is 4.90 Å². The molecule has 1 aliphatic heterocycles. The lowest BCUT2D eigenvalue weighted by Crippen LogP contribution is -2.33. The van der Waals surface area contributed by atoms with Gasteiger partial charge in [0.15, 0.2) is 5.82 Å². The Labute approximate surface area is 168 Å². The molecule has 1 aromatic carbocycles. The number of halogens is 1. The minimum absolute atomic E-state index is 0. The van der Waals surface area contributed by atoms with Crippen LogP contribution in [0.3, 0.4) is 0 Å². The molecule has 142 valence electrons. The van der Waals surface area contributed by atoms with Crippen molar-refractivity contribution in [2.24, 2.45) is 0 Å². The smallest absolute Gasteiger partial charge is 0.153 e. The van der Waals surface area contributed by atoms with E-state index in [0.29, 0.717) is 5.92 Å². The van der Waals surface area contributed by atoms with Gasteiger partial charge in [-0.1, -0.05) is 36.4 Å². The second kappa shape index (κ2) is 8.18. The first-order valence-electron chi connectivity index (χ1n) is 9.56. The van der Waals surface area contributed by atoms with Gasteiger partial charge in [-0.3, -0.25) is 0 Å². The molecule has 0 unspecified atom stereocenters. The molecule has 0 amide bonds. The van der Waals surface area contributed by atoms with E-state index in [-0.39, 0.29) is 12.4 Å². The van der Waals surface area contributed by atoms with E-state index in [1.54, 1.807) is 0 Å². The highest BCUT2D eigenvalue weighted by atomic mass is 35.5. The number of fused-ring (bicyclic) bond motifs is 1. The van der Waals surface area contributed by atoms with Crippen molar-refractivity contribution in [2.75, 3.05) is 18.0 Å². The Morgan fingerprint density at radius 1 is 1.11 bits per heavy atom. The summed E-state index contributed by atoms with van der Waals surface area (Å²) in [6.07, 6.45) is 6.31. The van der Waals surface area contributed by atoms with Gasteiger partial charge in [-0.25, -0.2) is 4.98 Å². The Balaban J connectivity index is 0.00000210. The molecule has 1 fully saturated rings. The van der Waals surface area contributed by atoms with Crippen LogP contribution >= 0.6 is 12.4 Å². The zero-order valence-corrected chi connectivity index (χ0v) is 17.0. The molecule has 4 rings (SSSR count). The Hall–Kier alpha value is -2.26. The molecule has 3 nitrogen and oxygen atoms in total. The van der Waals surface area contributed by atoms with Gasteiger partial charge in [-0.05, 0) is 49.8 Å². The lowest BCUT2D eigenvalue weighted by molar-refractivity contribution is 0.503. The first-order chi connectivity index (χ1) is 12.7. The van der Waals surface area contributed by atoms with Gasteiger partial charge < -0.3 is 9.47 Å². The molecule has 0 saturated carbocycles. The number of nitrogens with zero attached hydrogens (tertiary/aromatic N) is 3. The van der Waals surface area contributed by atoms with Crippen LogP contribution in [0.5, 0.6) is 0 Å². The van der Waals surface area contributed by atoms with Crippen molar-refractivity contribution >= 4 is 29.1 Å². The van der Waals surface area contributed by atoms with Crippen molar-refractivity contribution in [2.45, 2.75) is 39.2 Å². The average Bonchev–Trinajstić information content (AvgIpc) is 2.94. The summed E-state index contributed by atoms with van der Waals surface area (Å²) in [7, 11) is 0. The first-order valence-corrected chi connectivity index (χ1v) is 9.56. The molecule has 1 saturated heterocycles. The summed E-state index contributed by atoms with van der Waals surface area (Å²) in [4.78, 5) is 7.27. The standard InChI is InChI=1S/C23H27N3.ClH/c1-4-14-26-18(3)17(2)21-10-13-24-23(22(21)26)25-15-11-20(12-16-25)19-8-6-5-7-9-19;/h4-10,13,20H,1,11-12,14-16H2,2-3H3;1H. The van der Waals surface area contributed by atoms with Gasteiger partial charge in [0.1, 0.15) is 0 Å². The number of rotatable bonds is 4. The average molecular weight is 382 g/mol. The van der Waals surface area contributed by atoms with Gasteiger partial charge >= 0.3 is 0 Å². The molecule has 27 heavy (non-hydrogen) atoms. The summed E-state index contributed by atoms with van der Waals surface area (Å²) < 4.78 is 2.36. The van der Waals surface area contributed by atoms with Crippen LogP contribution in [0.2, 0.25) is 0 Å². The SMILES string of the molecule is C=CCn1c(C)c(C)c2ccnc(N3CCC(c4ccccc4)CC3)c21.Cl. The summed E-state index contributed by atoms with van der Waals surface area (Å²) >= 11 is 0. The molecule has 3 heterocycles. The Morgan fingerprint density at radius 3 is 2.48 bits per heavy atom. The normalized spacial score (nSPS) is 15.0. The van der Waals surface area contributed by atoms with E-state index in [1.165, 1.54) is 40.6 Å². The van der Waals surface area contributed by atoms with Crippen LogP contribution in [0.25, 0.3) is 10.9 Å². The fraction of sp³-hybridized carbons (Fsp3) is 0.348. The van der Waals surface area contributed by atoms with Gasteiger partial charge in [0.25, 0.3) is 0 Å². The second-order valence-electron chi connectivity index (χ2n) is 7.31. The maximum absolute atomic E-state index is 4.80. The zero-order chi connectivity index (χ0) is 18.1. The molecule has 0 atom stereocenters. The fourth-order valence-electron chi connectivity index (χ4n) is 4.32. The number of benzene rings is 1. The maximum atomic E-state index is 4.80. The largest absolute Gasteiger partial charge is 0.355 e. The number of piperidine rings is 1. The Bertz CT molecular complexity index is 922. The Kier molecular flexibility index (Phi) is 5.91. The number of aryl methyl sites for hydroxylation is 1. The van der Waals surface area contributed by atoms with Gasteiger partial charge in [-0.15, -0.1) is 19.0 Å². The summed E-state index contributed by atoms with van der Waals surface area (Å²) in [5.41, 5.74) is 5.40. The number of allylic oxidation sites excluding steroid dienone is 1. The molecular formula is C23H28ClN3. The lowest BCUT2D eigenvalue weighted by atomic mass is 9.89.